The van der Waals surface area contributed by atoms with Gasteiger partial charge in [-0.3, -0.25) is 24.6 Å². The number of aliphatic hydroxyl groups excluding tert-OH is 1. The summed E-state index contributed by atoms with van der Waals surface area (Å²) in [7, 11) is 0. The Labute approximate surface area is 189 Å². The van der Waals surface area contributed by atoms with E-state index in [0.717, 1.165) is 42.4 Å². The highest BCUT2D eigenvalue weighted by Crippen LogP contribution is 2.49. The first-order valence-corrected chi connectivity index (χ1v) is 10.9. The Morgan fingerprint density at radius 3 is 2.52 bits per heavy atom. The van der Waals surface area contributed by atoms with Crippen LogP contribution in [0.1, 0.15) is 49.8 Å². The van der Waals surface area contributed by atoms with Crippen molar-refractivity contribution in [2.75, 3.05) is 13.2 Å². The van der Waals surface area contributed by atoms with Gasteiger partial charge in [-0.25, -0.2) is 0 Å². The summed E-state index contributed by atoms with van der Waals surface area (Å²) in [5, 5.41) is 22.4. The molecule has 10 heteroatoms. The lowest BCUT2D eigenvalue weighted by Crippen LogP contribution is -2.58. The number of benzene rings is 1. The van der Waals surface area contributed by atoms with Crippen LogP contribution >= 0.6 is 0 Å². The number of unbranched alkanes of at least 4 members (excludes halogenated alkanes) is 2. The number of allylic oxidation sites excluding steroid dienone is 1. The first kappa shape index (κ1) is 24.9. The van der Waals surface area contributed by atoms with Crippen molar-refractivity contribution in [3.8, 4) is 0 Å². The van der Waals surface area contributed by atoms with Crippen LogP contribution in [0.25, 0.3) is 0 Å². The molecular weight excluding hydrogens is 441 g/mol. The van der Waals surface area contributed by atoms with Crippen LogP contribution in [0.2, 0.25) is 0 Å². The smallest absolute Gasteiger partial charge is 0.416 e. The van der Waals surface area contributed by atoms with Crippen LogP contribution in [0.15, 0.2) is 36.4 Å². The zero-order valence-electron chi connectivity index (χ0n) is 18.1. The quantitative estimate of drug-likeness (QED) is 0.292. The Balaban J connectivity index is 1.94. The number of carbonyl (C=O) groups excluding carboxylic acids is 2. The molecule has 3 rings (SSSR count). The van der Waals surface area contributed by atoms with Crippen LogP contribution in [0.4, 0.5) is 13.2 Å². The predicted molar refractivity (Wildman–Crippen MR) is 112 cm³/mol. The Morgan fingerprint density at radius 2 is 1.91 bits per heavy atom. The topological polar surface area (TPSA) is 107 Å². The highest BCUT2D eigenvalue weighted by molar-refractivity contribution is 6.09. The van der Waals surface area contributed by atoms with E-state index in [1.54, 1.807) is 0 Å². The maximum Gasteiger partial charge on any atom is 0.416 e. The maximum atomic E-state index is 13.2. The van der Waals surface area contributed by atoms with Crippen LogP contribution in [-0.2, 0) is 20.6 Å². The monoisotopic (exact) mass is 468 g/mol. The SMILES string of the molecule is CCCCC=CCCN1C(=O)C2C(c3cccc(C(F)(F)F)c3)NC(CO)(C(=O)O)C2C1=O. The number of hydrogen-bond donors (Lipinski definition) is 3. The van der Waals surface area contributed by atoms with Crippen molar-refractivity contribution < 1.29 is 37.8 Å². The highest BCUT2D eigenvalue weighted by Gasteiger charge is 2.68. The average molecular weight is 468 g/mol. The third kappa shape index (κ3) is 4.54. The van der Waals surface area contributed by atoms with Crippen LogP contribution in [-0.4, -0.2) is 51.6 Å². The van der Waals surface area contributed by atoms with Gasteiger partial charge in [0.25, 0.3) is 0 Å². The van der Waals surface area contributed by atoms with Crippen molar-refractivity contribution in [2.45, 2.75) is 50.4 Å². The highest BCUT2D eigenvalue weighted by atomic mass is 19.4. The number of carboxylic acids is 1. The van der Waals surface area contributed by atoms with Gasteiger partial charge in [-0.15, -0.1) is 0 Å². The van der Waals surface area contributed by atoms with Crippen LogP contribution in [0.5, 0.6) is 0 Å². The lowest BCUT2D eigenvalue weighted by molar-refractivity contribution is -0.153. The molecule has 0 saturated carbocycles. The molecule has 2 amide bonds. The molecule has 3 N–H and O–H groups in total. The molecule has 0 aliphatic carbocycles. The molecule has 2 aliphatic rings. The van der Waals surface area contributed by atoms with Crippen molar-refractivity contribution in [1.82, 2.24) is 10.2 Å². The zero-order chi connectivity index (χ0) is 24.4. The Hall–Kier alpha value is -2.72. The van der Waals surface area contributed by atoms with Crippen LogP contribution in [0, 0.1) is 11.8 Å². The number of nitrogens with one attached hydrogen (secondary N) is 1. The summed E-state index contributed by atoms with van der Waals surface area (Å²) in [4.78, 5) is 39.4. The van der Waals surface area contributed by atoms with Gasteiger partial charge in [-0.05, 0) is 30.5 Å². The van der Waals surface area contributed by atoms with Crippen LogP contribution < -0.4 is 5.32 Å². The normalized spacial score (nSPS) is 27.5. The van der Waals surface area contributed by atoms with E-state index in [-0.39, 0.29) is 12.1 Å². The second-order valence-electron chi connectivity index (χ2n) is 8.41. The summed E-state index contributed by atoms with van der Waals surface area (Å²) < 4.78 is 39.7. The average Bonchev–Trinajstić information content (AvgIpc) is 3.25. The number of aliphatic hydroxyl groups is 1. The van der Waals surface area contributed by atoms with Gasteiger partial charge in [-0.1, -0.05) is 44.1 Å². The number of carbonyl (C=O) groups is 3. The van der Waals surface area contributed by atoms with E-state index in [1.165, 1.54) is 6.07 Å². The number of nitrogens with zero attached hydrogens (tertiary/aromatic N) is 1. The summed E-state index contributed by atoms with van der Waals surface area (Å²) in [5.74, 6) is -5.62. The minimum Gasteiger partial charge on any atom is -0.480 e. The number of fused-ring (bicyclic) bond motifs is 1. The second kappa shape index (κ2) is 9.64. The second-order valence-corrected chi connectivity index (χ2v) is 8.41. The van der Waals surface area contributed by atoms with Gasteiger partial charge < -0.3 is 10.2 Å². The predicted octanol–water partition coefficient (Wildman–Crippen LogP) is 2.90. The number of imide groups is 1. The molecule has 0 spiro atoms. The van der Waals surface area contributed by atoms with E-state index < -0.39 is 59.5 Å². The molecule has 2 aliphatic heterocycles. The number of aliphatic carboxylic acids is 1. The fourth-order valence-corrected chi connectivity index (χ4v) is 4.65. The Bertz CT molecular complexity index is 948. The Morgan fingerprint density at radius 1 is 1.21 bits per heavy atom. The van der Waals surface area contributed by atoms with Crippen molar-refractivity contribution in [2.24, 2.45) is 11.8 Å². The Kier molecular flexibility index (Phi) is 7.28. The molecule has 2 heterocycles. The maximum absolute atomic E-state index is 13.2. The third-order valence-corrected chi connectivity index (χ3v) is 6.36. The van der Waals surface area contributed by atoms with E-state index in [2.05, 4.69) is 12.2 Å². The molecule has 0 aromatic heterocycles. The first-order chi connectivity index (χ1) is 15.6. The lowest BCUT2D eigenvalue weighted by Gasteiger charge is -2.29. The van der Waals surface area contributed by atoms with Gasteiger partial charge in [0.2, 0.25) is 11.8 Å². The molecule has 4 unspecified atom stereocenters. The number of carboxylic acid groups (broad SMARTS) is 1. The molecule has 1 aromatic carbocycles. The largest absolute Gasteiger partial charge is 0.480 e. The molecule has 2 saturated heterocycles. The molecule has 0 bridgehead atoms. The van der Waals surface area contributed by atoms with Gasteiger partial charge in [0, 0.05) is 12.6 Å². The van der Waals surface area contributed by atoms with Crippen molar-refractivity contribution in [3.05, 3.63) is 47.5 Å². The lowest BCUT2D eigenvalue weighted by atomic mass is 9.79. The third-order valence-electron chi connectivity index (χ3n) is 6.36. The van der Waals surface area contributed by atoms with Gasteiger partial charge in [0.1, 0.15) is 0 Å². The molecule has 4 atom stereocenters. The van der Waals surface area contributed by atoms with Crippen molar-refractivity contribution in [3.63, 3.8) is 0 Å². The minimum atomic E-state index is -4.64. The molecule has 180 valence electrons. The summed E-state index contributed by atoms with van der Waals surface area (Å²) in [6.07, 6.45) is 2.41. The van der Waals surface area contributed by atoms with Crippen molar-refractivity contribution in [1.29, 1.82) is 0 Å². The molecule has 33 heavy (non-hydrogen) atoms. The summed E-state index contributed by atoms with van der Waals surface area (Å²) in [6.45, 7) is 1.09. The van der Waals surface area contributed by atoms with E-state index >= 15 is 0 Å². The summed E-state index contributed by atoms with van der Waals surface area (Å²) in [6, 6.07) is 3.03. The van der Waals surface area contributed by atoms with E-state index in [1.807, 2.05) is 12.2 Å². The fraction of sp³-hybridized carbons (Fsp3) is 0.522. The van der Waals surface area contributed by atoms with Gasteiger partial charge in [-0.2, -0.15) is 13.2 Å². The minimum absolute atomic E-state index is 0.0267. The van der Waals surface area contributed by atoms with Crippen molar-refractivity contribution >= 4 is 17.8 Å². The number of amides is 2. The summed E-state index contributed by atoms with van der Waals surface area (Å²) >= 11 is 0. The molecule has 0 radical (unpaired) electrons. The van der Waals surface area contributed by atoms with E-state index in [9.17, 15) is 37.8 Å². The number of hydrogen-bond acceptors (Lipinski definition) is 5. The number of alkyl halides is 3. The zero-order valence-corrected chi connectivity index (χ0v) is 18.1. The summed E-state index contributed by atoms with van der Waals surface area (Å²) in [5.41, 5.74) is -3.11. The van der Waals surface area contributed by atoms with E-state index in [4.69, 9.17) is 0 Å². The van der Waals surface area contributed by atoms with Gasteiger partial charge >= 0.3 is 12.1 Å². The number of halogens is 3. The van der Waals surface area contributed by atoms with E-state index in [0.29, 0.717) is 6.42 Å². The first-order valence-electron chi connectivity index (χ1n) is 10.9. The molecule has 2 fully saturated rings. The van der Waals surface area contributed by atoms with Crippen LogP contribution in [0.3, 0.4) is 0 Å². The van der Waals surface area contributed by atoms with Gasteiger partial charge in [0.15, 0.2) is 5.54 Å². The molecule has 7 nitrogen and oxygen atoms in total. The molecular formula is C23H27F3N2O5. The molecule has 1 aromatic rings. The fourth-order valence-electron chi connectivity index (χ4n) is 4.65. The number of likely N-dealkylation sites (tertiary alicyclic amines) is 1. The van der Waals surface area contributed by atoms with Gasteiger partial charge in [0.05, 0.1) is 24.0 Å². The number of rotatable bonds is 9. The standard InChI is InChI=1S/C23H27F3N2O5/c1-2-3-4-5-6-7-11-28-19(30)16-17(20(28)31)22(13-29,21(32)33)27-18(16)14-9-8-10-15(12-14)23(24,25)26/h5-6,8-10,12,16-18,27,29H,2-4,7,11,13H2,1H3,(H,32,33).